The van der Waals surface area contributed by atoms with Gasteiger partial charge in [-0.15, -0.1) is 0 Å². The third-order valence-corrected chi connectivity index (χ3v) is 3.01. The summed E-state index contributed by atoms with van der Waals surface area (Å²) in [5.74, 6) is -1.05. The number of hydrogen-bond acceptors (Lipinski definition) is 4. The summed E-state index contributed by atoms with van der Waals surface area (Å²) in [7, 11) is 1.53. The molecule has 1 aliphatic rings. The third kappa shape index (κ3) is 3.34. The highest BCUT2D eigenvalue weighted by Gasteiger charge is 2.42. The number of carbonyl (C=O) groups is 2. The van der Waals surface area contributed by atoms with Crippen molar-refractivity contribution in [1.29, 1.82) is 5.26 Å². The van der Waals surface area contributed by atoms with Crippen LogP contribution in [-0.2, 0) is 9.53 Å². The van der Waals surface area contributed by atoms with Crippen molar-refractivity contribution in [2.75, 3.05) is 26.8 Å². The van der Waals surface area contributed by atoms with Crippen LogP contribution in [0.5, 0.6) is 0 Å². The highest BCUT2D eigenvalue weighted by molar-refractivity contribution is 5.86. The minimum absolute atomic E-state index is 0.215. The molecule has 0 atom stereocenters. The second-order valence-electron chi connectivity index (χ2n) is 4.26. The highest BCUT2D eigenvalue weighted by atomic mass is 16.5. The fourth-order valence-corrected chi connectivity index (χ4v) is 1.73. The quantitative estimate of drug-likeness (QED) is 0.745. The fraction of sp³-hybridized carbons (Fsp3) is 0.727. The van der Waals surface area contributed by atoms with E-state index < -0.39 is 17.5 Å². The van der Waals surface area contributed by atoms with Crippen LogP contribution in [0.2, 0.25) is 0 Å². The Hall–Kier alpha value is -1.81. The summed E-state index contributed by atoms with van der Waals surface area (Å²) in [6, 6.07) is 1.45. The zero-order chi connectivity index (χ0) is 13.6. The molecule has 0 unspecified atom stereocenters. The zero-order valence-electron chi connectivity index (χ0n) is 10.3. The Kier molecular flexibility index (Phi) is 4.92. The van der Waals surface area contributed by atoms with Crippen LogP contribution < -0.4 is 5.32 Å². The van der Waals surface area contributed by atoms with Crippen molar-refractivity contribution in [2.24, 2.45) is 0 Å². The largest absolute Gasteiger partial charge is 0.480 e. The van der Waals surface area contributed by atoms with Crippen molar-refractivity contribution in [3.63, 3.8) is 0 Å². The predicted octanol–water partition coefficient (Wildman–Crippen LogP) is 0.175. The Morgan fingerprint density at radius 2 is 2.11 bits per heavy atom. The van der Waals surface area contributed by atoms with E-state index >= 15 is 0 Å². The van der Waals surface area contributed by atoms with E-state index in [4.69, 9.17) is 10.00 Å². The van der Waals surface area contributed by atoms with Gasteiger partial charge in [0, 0.05) is 39.6 Å². The van der Waals surface area contributed by atoms with Crippen LogP contribution >= 0.6 is 0 Å². The van der Waals surface area contributed by atoms with E-state index in [9.17, 15) is 14.7 Å². The van der Waals surface area contributed by atoms with Crippen LogP contribution in [0.4, 0.5) is 4.79 Å². The molecule has 0 spiro atoms. The van der Waals surface area contributed by atoms with E-state index in [0.29, 0.717) is 13.2 Å². The van der Waals surface area contributed by atoms with Gasteiger partial charge < -0.3 is 20.1 Å². The van der Waals surface area contributed by atoms with Gasteiger partial charge in [-0.05, 0) is 0 Å². The molecule has 0 aromatic rings. The second-order valence-corrected chi connectivity index (χ2v) is 4.26. The average molecular weight is 255 g/mol. The van der Waals surface area contributed by atoms with Crippen LogP contribution in [0, 0.1) is 11.3 Å². The zero-order valence-corrected chi connectivity index (χ0v) is 10.3. The summed E-state index contributed by atoms with van der Waals surface area (Å²) >= 11 is 0. The van der Waals surface area contributed by atoms with Crippen LogP contribution in [0.25, 0.3) is 0 Å². The van der Waals surface area contributed by atoms with Gasteiger partial charge in [0.1, 0.15) is 5.54 Å². The molecule has 0 aromatic heterocycles. The first-order valence-electron chi connectivity index (χ1n) is 5.73. The van der Waals surface area contributed by atoms with Crippen molar-refractivity contribution < 1.29 is 19.4 Å². The molecule has 1 heterocycles. The first-order valence-corrected chi connectivity index (χ1v) is 5.73. The number of rotatable bonds is 4. The van der Waals surface area contributed by atoms with Crippen molar-refractivity contribution >= 4 is 12.0 Å². The fourth-order valence-electron chi connectivity index (χ4n) is 1.73. The van der Waals surface area contributed by atoms with Crippen molar-refractivity contribution in [3.8, 4) is 6.07 Å². The van der Waals surface area contributed by atoms with Crippen molar-refractivity contribution in [1.82, 2.24) is 10.2 Å². The lowest BCUT2D eigenvalue weighted by molar-refractivity contribution is -0.148. The summed E-state index contributed by atoms with van der Waals surface area (Å²) in [4.78, 5) is 24.4. The van der Waals surface area contributed by atoms with Gasteiger partial charge in [0.25, 0.3) is 0 Å². The number of carboxylic acid groups (broad SMARTS) is 1. The topological polar surface area (TPSA) is 103 Å². The molecule has 0 aromatic carbocycles. The molecule has 18 heavy (non-hydrogen) atoms. The monoisotopic (exact) mass is 255 g/mol. The van der Waals surface area contributed by atoms with Crippen LogP contribution in [0.3, 0.4) is 0 Å². The summed E-state index contributed by atoms with van der Waals surface area (Å²) in [6.07, 6.45) is 0.716. The number of aliphatic carboxylic acids is 1. The summed E-state index contributed by atoms with van der Waals surface area (Å²) in [5, 5.41) is 20.2. The maximum absolute atomic E-state index is 11.8. The highest BCUT2D eigenvalue weighted by Crippen LogP contribution is 2.21. The van der Waals surface area contributed by atoms with E-state index in [-0.39, 0.29) is 25.8 Å². The van der Waals surface area contributed by atoms with E-state index in [1.165, 1.54) is 11.9 Å². The van der Waals surface area contributed by atoms with Crippen molar-refractivity contribution in [3.05, 3.63) is 0 Å². The van der Waals surface area contributed by atoms with E-state index in [1.807, 2.05) is 6.07 Å². The normalized spacial score (nSPS) is 17.6. The summed E-state index contributed by atoms with van der Waals surface area (Å²) in [5.41, 5.74) is -1.25. The maximum atomic E-state index is 11.8. The van der Waals surface area contributed by atoms with Crippen molar-refractivity contribution in [2.45, 2.75) is 24.8 Å². The minimum atomic E-state index is -1.25. The number of amides is 2. The standard InChI is InChI=1S/C11H17N3O4/c1-14(6-2-5-12)10(17)13-11(9(15)16)3-7-18-8-4-11/h2-4,6-8H2,1H3,(H,13,17)(H,15,16). The minimum Gasteiger partial charge on any atom is -0.480 e. The number of nitrogens with one attached hydrogen (secondary N) is 1. The Balaban J connectivity index is 2.64. The van der Waals surface area contributed by atoms with Gasteiger partial charge >= 0.3 is 12.0 Å². The van der Waals surface area contributed by atoms with Gasteiger partial charge in [-0.3, -0.25) is 0 Å². The van der Waals surface area contributed by atoms with Crippen LogP contribution in [0.1, 0.15) is 19.3 Å². The lowest BCUT2D eigenvalue weighted by Gasteiger charge is -2.35. The van der Waals surface area contributed by atoms with Crippen LogP contribution in [-0.4, -0.2) is 54.4 Å². The number of carboxylic acids is 1. The van der Waals surface area contributed by atoms with Gasteiger partial charge in [-0.1, -0.05) is 0 Å². The molecule has 0 aliphatic carbocycles. The molecule has 1 fully saturated rings. The molecule has 1 rings (SSSR count). The second kappa shape index (κ2) is 6.21. The van der Waals surface area contributed by atoms with E-state index in [0.717, 1.165) is 0 Å². The van der Waals surface area contributed by atoms with Gasteiger partial charge in [0.05, 0.1) is 12.5 Å². The average Bonchev–Trinajstić information content (AvgIpc) is 2.36. The molecule has 100 valence electrons. The first-order chi connectivity index (χ1) is 8.52. The molecule has 7 heteroatoms. The predicted molar refractivity (Wildman–Crippen MR) is 61.8 cm³/mol. The molecule has 2 N–H and O–H groups in total. The molecule has 0 saturated carbocycles. The number of hydrogen-bond donors (Lipinski definition) is 2. The Morgan fingerprint density at radius 1 is 1.50 bits per heavy atom. The van der Waals surface area contributed by atoms with Gasteiger partial charge in [0.15, 0.2) is 0 Å². The molecule has 1 aliphatic heterocycles. The van der Waals surface area contributed by atoms with E-state index in [1.54, 1.807) is 0 Å². The Bertz CT molecular complexity index is 358. The van der Waals surface area contributed by atoms with Crippen LogP contribution in [0.15, 0.2) is 0 Å². The molecule has 0 bridgehead atoms. The number of nitrogens with zero attached hydrogens (tertiary/aromatic N) is 2. The first kappa shape index (κ1) is 14.3. The SMILES string of the molecule is CN(CCC#N)C(=O)NC1(C(=O)O)CCOCC1. The van der Waals surface area contributed by atoms with Gasteiger partial charge in [0.2, 0.25) is 0 Å². The lowest BCUT2D eigenvalue weighted by Crippen LogP contribution is -2.59. The summed E-state index contributed by atoms with van der Waals surface area (Å²) in [6.45, 7) is 0.900. The maximum Gasteiger partial charge on any atom is 0.329 e. The number of ether oxygens (including phenoxy) is 1. The number of carbonyl (C=O) groups excluding carboxylic acids is 1. The molecular formula is C11H17N3O4. The molecule has 2 amide bonds. The molecular weight excluding hydrogens is 238 g/mol. The Labute approximate surface area is 105 Å². The smallest absolute Gasteiger partial charge is 0.329 e. The third-order valence-electron chi connectivity index (χ3n) is 3.01. The summed E-state index contributed by atoms with van der Waals surface area (Å²) < 4.78 is 5.11. The Morgan fingerprint density at radius 3 is 2.61 bits per heavy atom. The lowest BCUT2D eigenvalue weighted by atomic mass is 9.90. The molecule has 7 nitrogen and oxygen atoms in total. The van der Waals surface area contributed by atoms with E-state index in [2.05, 4.69) is 5.32 Å². The number of nitriles is 1. The van der Waals surface area contributed by atoms with Gasteiger partial charge in [-0.25, -0.2) is 9.59 Å². The number of urea groups is 1. The molecule has 0 radical (unpaired) electrons. The molecule has 1 saturated heterocycles. The van der Waals surface area contributed by atoms with Gasteiger partial charge in [-0.2, -0.15) is 5.26 Å².